The van der Waals surface area contributed by atoms with E-state index in [2.05, 4.69) is 20.0 Å². The van der Waals surface area contributed by atoms with Crippen LogP contribution in [-0.4, -0.2) is 99.7 Å². The molecule has 0 aliphatic carbocycles. The molecule has 16 heteroatoms. The minimum atomic E-state index is -3.31. The van der Waals surface area contributed by atoms with Crippen molar-refractivity contribution in [3.63, 3.8) is 0 Å². The molecule has 0 radical (unpaired) electrons. The van der Waals surface area contributed by atoms with E-state index >= 15 is 0 Å². The van der Waals surface area contributed by atoms with Gasteiger partial charge in [-0.15, -0.1) is 0 Å². The van der Waals surface area contributed by atoms with E-state index in [9.17, 15) is 31.9 Å². The number of benzene rings is 2. The molecule has 3 heterocycles. The monoisotopic (exact) mass is 712 g/mol. The number of ether oxygens (including phenoxy) is 1. The lowest BCUT2D eigenvalue weighted by Gasteiger charge is -2.37. The molecule has 1 atom stereocenters. The number of carbonyl (C=O) groups is 3. The Morgan fingerprint density at radius 1 is 1.02 bits per heavy atom. The number of rotatable bonds is 14. The number of nitrogens with two attached hydrogens (primary N) is 1. The molecule has 272 valence electrons. The second kappa shape index (κ2) is 16.2. The van der Waals surface area contributed by atoms with Crippen LogP contribution < -0.4 is 15.8 Å². The van der Waals surface area contributed by atoms with E-state index in [0.717, 1.165) is 17.7 Å². The van der Waals surface area contributed by atoms with Crippen molar-refractivity contribution in [3.8, 4) is 17.0 Å². The number of likely N-dealkylation sites (N-methyl/N-ethyl adjacent to an activating group) is 1. The first-order valence-electron chi connectivity index (χ1n) is 16.6. The van der Waals surface area contributed by atoms with Crippen molar-refractivity contribution in [2.75, 3.05) is 51.6 Å². The summed E-state index contributed by atoms with van der Waals surface area (Å²) in [5.74, 6) is -4.21. The van der Waals surface area contributed by atoms with Crippen LogP contribution in [0.4, 0.5) is 29.1 Å². The summed E-state index contributed by atoms with van der Waals surface area (Å²) < 4.78 is 60.1. The fourth-order valence-electron chi connectivity index (χ4n) is 6.21. The number of imidazole rings is 1. The molecule has 4 aromatic rings. The van der Waals surface area contributed by atoms with Gasteiger partial charge in [0.05, 0.1) is 18.4 Å². The molecular formula is C35H40F4N8O4. The lowest BCUT2D eigenvalue weighted by Crippen LogP contribution is -2.52. The maximum absolute atomic E-state index is 14.9. The smallest absolute Gasteiger partial charge is 0.387 e. The van der Waals surface area contributed by atoms with Gasteiger partial charge in [-0.05, 0) is 68.8 Å². The van der Waals surface area contributed by atoms with Crippen LogP contribution in [0.1, 0.15) is 42.6 Å². The minimum absolute atomic E-state index is 0.0460. The number of fused-ring (bicyclic) bond motifs is 1. The molecule has 12 nitrogen and oxygen atoms in total. The van der Waals surface area contributed by atoms with Gasteiger partial charge in [-0.25, -0.2) is 14.4 Å². The molecule has 0 spiro atoms. The third-order valence-electron chi connectivity index (χ3n) is 8.95. The minimum Gasteiger partial charge on any atom is -0.432 e. The van der Waals surface area contributed by atoms with Crippen LogP contribution in [0.2, 0.25) is 0 Å². The first-order chi connectivity index (χ1) is 24.4. The Hall–Kier alpha value is -5.25. The van der Waals surface area contributed by atoms with E-state index in [-0.39, 0.29) is 41.2 Å². The highest BCUT2D eigenvalue weighted by molar-refractivity contribution is 5.96. The summed E-state index contributed by atoms with van der Waals surface area (Å²) in [6.07, 6.45) is 6.09. The van der Waals surface area contributed by atoms with Crippen LogP contribution in [0.25, 0.3) is 16.9 Å². The van der Waals surface area contributed by atoms with Gasteiger partial charge < -0.3 is 25.6 Å². The number of aromatic nitrogens is 3. The normalized spacial score (nSPS) is 14.0. The molecule has 0 saturated carbocycles. The van der Waals surface area contributed by atoms with Crippen LogP contribution in [-0.2, 0) is 16.0 Å². The van der Waals surface area contributed by atoms with E-state index in [1.807, 2.05) is 19.9 Å². The molecule has 0 bridgehead atoms. The Morgan fingerprint density at radius 2 is 1.75 bits per heavy atom. The highest BCUT2D eigenvalue weighted by atomic mass is 19.3. The summed E-state index contributed by atoms with van der Waals surface area (Å²) in [5, 5.41) is 3.19. The average Bonchev–Trinajstić information content (AvgIpc) is 3.54. The van der Waals surface area contributed by atoms with E-state index in [0.29, 0.717) is 69.1 Å². The van der Waals surface area contributed by atoms with Gasteiger partial charge in [-0.3, -0.25) is 23.7 Å². The van der Waals surface area contributed by atoms with Gasteiger partial charge in [0.2, 0.25) is 17.6 Å². The summed E-state index contributed by atoms with van der Waals surface area (Å²) in [6.45, 7) is 2.93. The quantitative estimate of drug-likeness (QED) is 0.180. The number of nitrogens with zero attached hydrogens (tertiary/aromatic N) is 6. The number of hydrogen-bond acceptors (Lipinski definition) is 8. The summed E-state index contributed by atoms with van der Waals surface area (Å²) in [7, 11) is 1.79. The lowest BCUT2D eigenvalue weighted by molar-refractivity contribution is -0.137. The Kier molecular flexibility index (Phi) is 11.7. The first kappa shape index (κ1) is 37.0. The second-order valence-electron chi connectivity index (χ2n) is 12.3. The number of carbonyl (C=O) groups excluding carboxylic acids is 3. The predicted octanol–water partition coefficient (Wildman–Crippen LogP) is 4.70. The number of nitrogens with one attached hydrogen (secondary N) is 1. The maximum Gasteiger partial charge on any atom is 0.387 e. The van der Waals surface area contributed by atoms with Crippen molar-refractivity contribution in [3.05, 3.63) is 71.7 Å². The largest absolute Gasteiger partial charge is 0.432 e. The van der Waals surface area contributed by atoms with Crippen LogP contribution in [0.5, 0.6) is 5.75 Å². The Bertz CT molecular complexity index is 1900. The van der Waals surface area contributed by atoms with Crippen LogP contribution in [0.15, 0.2) is 48.9 Å². The molecule has 2 aromatic heterocycles. The molecule has 1 fully saturated rings. The third-order valence-corrected chi connectivity index (χ3v) is 8.95. The van der Waals surface area contributed by atoms with E-state index in [4.69, 9.17) is 5.73 Å². The highest BCUT2D eigenvalue weighted by Crippen LogP contribution is 2.32. The number of alkyl halides is 2. The van der Waals surface area contributed by atoms with Crippen molar-refractivity contribution >= 4 is 34.9 Å². The zero-order valence-electron chi connectivity index (χ0n) is 28.5. The fraction of sp³-hybridized carbons (Fsp3) is 0.400. The van der Waals surface area contributed by atoms with E-state index < -0.39 is 29.9 Å². The predicted molar refractivity (Wildman–Crippen MR) is 182 cm³/mol. The van der Waals surface area contributed by atoms with Gasteiger partial charge in [0.25, 0.3) is 5.91 Å². The third kappa shape index (κ3) is 8.39. The zero-order chi connectivity index (χ0) is 36.8. The maximum atomic E-state index is 14.9. The van der Waals surface area contributed by atoms with Gasteiger partial charge in [0, 0.05) is 61.3 Å². The molecule has 3 N–H and O–H groups in total. The number of hydrogen-bond donors (Lipinski definition) is 2. The SMILES string of the molecule is CCc1cc(Nc2nccn3c(-c4ccc(OC(F)F)c(F)c4F)cnc23)ccc1C(=O)N1CCN(C(=O)C(CC)CCN(C)CC(N)=O)CC1. The van der Waals surface area contributed by atoms with Crippen molar-refractivity contribution in [1.82, 2.24) is 29.1 Å². The molecule has 2 aromatic carbocycles. The molecule has 1 unspecified atom stereocenters. The number of primary amides is 1. The Labute approximate surface area is 292 Å². The number of aryl methyl sites for hydroxylation is 1. The van der Waals surface area contributed by atoms with Crippen molar-refractivity contribution in [2.45, 2.75) is 39.7 Å². The standard InChI is InChI=1S/C35H40F4N8O4/c1-4-21(10-12-44(3)20-28(40)48)33(49)45-14-16-46(17-15-45)34(50)24-7-6-23(18-22(24)5-2)43-31-32-42-19-26(47(32)13-11-41-31)25-8-9-27(51-35(38)39)30(37)29(25)36/h6-9,11,13,18-19,21,35H,4-5,10,12,14-17,20H2,1-3H3,(H2,40,48)(H,41,43). The Balaban J connectivity index is 1.26. The fourth-order valence-corrected chi connectivity index (χ4v) is 6.21. The molecule has 1 saturated heterocycles. The summed E-state index contributed by atoms with van der Waals surface area (Å²) >= 11 is 0. The van der Waals surface area contributed by atoms with Crippen molar-refractivity contribution in [1.29, 1.82) is 0 Å². The molecule has 1 aliphatic rings. The molecular weight excluding hydrogens is 672 g/mol. The number of piperazine rings is 1. The average molecular weight is 713 g/mol. The van der Waals surface area contributed by atoms with Gasteiger partial charge in [-0.2, -0.15) is 13.2 Å². The zero-order valence-corrected chi connectivity index (χ0v) is 28.5. The van der Waals surface area contributed by atoms with Crippen molar-refractivity contribution in [2.24, 2.45) is 11.7 Å². The molecule has 51 heavy (non-hydrogen) atoms. The number of anilines is 2. The first-order valence-corrected chi connectivity index (χ1v) is 16.6. The molecule has 1 aliphatic heterocycles. The van der Waals surface area contributed by atoms with Crippen LogP contribution in [0.3, 0.4) is 0 Å². The van der Waals surface area contributed by atoms with Crippen LogP contribution in [0, 0.1) is 17.6 Å². The number of amides is 3. The van der Waals surface area contributed by atoms with Crippen molar-refractivity contribution < 1.29 is 36.7 Å². The van der Waals surface area contributed by atoms with E-state index in [1.54, 1.807) is 33.9 Å². The van der Waals surface area contributed by atoms with Gasteiger partial charge in [0.1, 0.15) is 0 Å². The summed E-state index contributed by atoms with van der Waals surface area (Å²) in [4.78, 5) is 52.1. The summed E-state index contributed by atoms with van der Waals surface area (Å²) in [5.41, 5.74) is 7.44. The molecule has 5 rings (SSSR count). The highest BCUT2D eigenvalue weighted by Gasteiger charge is 2.29. The van der Waals surface area contributed by atoms with E-state index in [1.165, 1.54) is 23.0 Å². The molecule has 3 amide bonds. The van der Waals surface area contributed by atoms with Gasteiger partial charge in [-0.1, -0.05) is 13.8 Å². The Morgan fingerprint density at radius 3 is 2.41 bits per heavy atom. The lowest BCUT2D eigenvalue weighted by atomic mass is 9.99. The van der Waals surface area contributed by atoms with Gasteiger partial charge in [0.15, 0.2) is 23.0 Å². The number of halogens is 4. The second-order valence-corrected chi connectivity index (χ2v) is 12.3. The topological polar surface area (TPSA) is 138 Å². The van der Waals surface area contributed by atoms with Crippen LogP contribution >= 0.6 is 0 Å². The summed E-state index contributed by atoms with van der Waals surface area (Å²) in [6, 6.07) is 7.35. The van der Waals surface area contributed by atoms with Gasteiger partial charge >= 0.3 is 6.61 Å².